The van der Waals surface area contributed by atoms with Gasteiger partial charge in [0.2, 0.25) is 0 Å². The van der Waals surface area contributed by atoms with E-state index in [9.17, 15) is 4.79 Å². The van der Waals surface area contributed by atoms with Gasteiger partial charge in [0.15, 0.2) is 5.65 Å². The third kappa shape index (κ3) is 3.11. The Morgan fingerprint density at radius 3 is 3.07 bits per heavy atom. The van der Waals surface area contributed by atoms with Crippen LogP contribution in [-0.4, -0.2) is 39.0 Å². The van der Waals surface area contributed by atoms with E-state index >= 15 is 0 Å². The molecule has 0 aromatic carbocycles. The SMILES string of the molecule is Cc1cncc([C@H]2C[C@@H]2c2cc(/C3=C/NC(=O)NCOC3)nn3ccnc23)c1. The number of nitrogens with zero attached hydrogens (tertiary/aromatic N) is 4. The first-order valence-electron chi connectivity index (χ1n) is 9.26. The van der Waals surface area contributed by atoms with Gasteiger partial charge in [-0.05, 0) is 42.4 Å². The number of ether oxygens (including phenoxy) is 1. The Kier molecular flexibility index (Phi) is 4.05. The highest BCUT2D eigenvalue weighted by atomic mass is 16.5. The van der Waals surface area contributed by atoms with Crippen molar-refractivity contribution in [3.05, 3.63) is 65.5 Å². The fourth-order valence-electron chi connectivity index (χ4n) is 3.73. The molecule has 1 aliphatic carbocycles. The van der Waals surface area contributed by atoms with Crippen LogP contribution >= 0.6 is 0 Å². The number of imidazole rings is 1. The standard InChI is InChI=1S/C20H20N6O2/c1-12-4-13(8-21-7-12)15-5-16(15)17-6-18(25-26-3-2-22-19(17)26)14-9-23-20(27)24-11-28-10-14/h2-4,6-9,15-16H,5,10-11H2,1H3,(H2,23,24,27)/b14-9+/t15-,16+/m1/s1. The molecule has 0 spiro atoms. The smallest absolute Gasteiger partial charge is 0.320 e. The van der Waals surface area contributed by atoms with E-state index in [1.54, 1.807) is 16.9 Å². The van der Waals surface area contributed by atoms with Gasteiger partial charge in [-0.2, -0.15) is 5.10 Å². The highest BCUT2D eigenvalue weighted by Crippen LogP contribution is 2.55. The molecule has 8 heteroatoms. The van der Waals surface area contributed by atoms with Crippen LogP contribution in [0.2, 0.25) is 0 Å². The van der Waals surface area contributed by atoms with Gasteiger partial charge in [-0.1, -0.05) is 6.07 Å². The molecule has 2 N–H and O–H groups in total. The van der Waals surface area contributed by atoms with Gasteiger partial charge in [0, 0.05) is 42.1 Å². The number of nitrogens with one attached hydrogen (secondary N) is 2. The second-order valence-electron chi connectivity index (χ2n) is 7.24. The van der Waals surface area contributed by atoms with E-state index in [0.717, 1.165) is 28.9 Å². The molecule has 8 nitrogen and oxygen atoms in total. The third-order valence-electron chi connectivity index (χ3n) is 5.20. The number of aromatic nitrogens is 4. The fraction of sp³-hybridized carbons (Fsp3) is 0.300. The Morgan fingerprint density at radius 2 is 2.18 bits per heavy atom. The summed E-state index contributed by atoms with van der Waals surface area (Å²) in [4.78, 5) is 20.5. The molecule has 28 heavy (non-hydrogen) atoms. The minimum Gasteiger partial charge on any atom is -0.356 e. The Hall–Kier alpha value is -3.26. The van der Waals surface area contributed by atoms with Gasteiger partial charge in [-0.3, -0.25) is 4.98 Å². The molecular formula is C20H20N6O2. The average molecular weight is 376 g/mol. The molecule has 0 radical (unpaired) electrons. The molecule has 0 unspecified atom stereocenters. The van der Waals surface area contributed by atoms with Gasteiger partial charge in [0.1, 0.15) is 6.73 Å². The first-order valence-corrected chi connectivity index (χ1v) is 9.26. The molecule has 142 valence electrons. The van der Waals surface area contributed by atoms with Gasteiger partial charge < -0.3 is 15.4 Å². The van der Waals surface area contributed by atoms with Crippen molar-refractivity contribution in [2.24, 2.45) is 0 Å². The Balaban J connectivity index is 1.52. The summed E-state index contributed by atoms with van der Waals surface area (Å²) in [7, 11) is 0. The van der Waals surface area contributed by atoms with E-state index in [-0.39, 0.29) is 12.8 Å². The Labute approximate surface area is 161 Å². The van der Waals surface area contributed by atoms with Crippen LogP contribution < -0.4 is 10.6 Å². The van der Waals surface area contributed by atoms with E-state index in [1.807, 2.05) is 18.6 Å². The minimum absolute atomic E-state index is 0.161. The summed E-state index contributed by atoms with van der Waals surface area (Å²) in [5, 5.41) is 9.97. The first-order chi connectivity index (χ1) is 13.7. The van der Waals surface area contributed by atoms with Crippen molar-refractivity contribution in [1.82, 2.24) is 30.2 Å². The number of hydrogen-bond acceptors (Lipinski definition) is 5. The van der Waals surface area contributed by atoms with Crippen molar-refractivity contribution >= 4 is 17.3 Å². The predicted octanol–water partition coefficient (Wildman–Crippen LogP) is 2.33. The zero-order valence-electron chi connectivity index (χ0n) is 15.4. The van der Waals surface area contributed by atoms with E-state index in [0.29, 0.717) is 18.4 Å². The quantitative estimate of drug-likeness (QED) is 0.732. The van der Waals surface area contributed by atoms with Gasteiger partial charge in [-0.25, -0.2) is 14.3 Å². The van der Waals surface area contributed by atoms with E-state index < -0.39 is 0 Å². The number of carbonyl (C=O) groups excluding carboxylic acids is 1. The molecule has 2 aliphatic rings. The number of rotatable bonds is 3. The summed E-state index contributed by atoms with van der Waals surface area (Å²) in [5.41, 5.74) is 6.06. The minimum atomic E-state index is -0.296. The maximum absolute atomic E-state index is 11.6. The van der Waals surface area contributed by atoms with E-state index in [4.69, 9.17) is 4.74 Å². The molecule has 5 rings (SSSR count). The second-order valence-corrected chi connectivity index (χ2v) is 7.24. The summed E-state index contributed by atoms with van der Waals surface area (Å²) in [6.07, 6.45) is 10.2. The van der Waals surface area contributed by atoms with Gasteiger partial charge in [0.25, 0.3) is 0 Å². The van der Waals surface area contributed by atoms with Crippen LogP contribution in [0, 0.1) is 6.92 Å². The third-order valence-corrected chi connectivity index (χ3v) is 5.20. The van der Waals surface area contributed by atoms with Crippen molar-refractivity contribution < 1.29 is 9.53 Å². The van der Waals surface area contributed by atoms with E-state index in [2.05, 4.69) is 44.8 Å². The lowest BCUT2D eigenvalue weighted by molar-refractivity contribution is 0.146. The zero-order valence-corrected chi connectivity index (χ0v) is 15.4. The normalized spacial score (nSPS) is 23.9. The highest BCUT2D eigenvalue weighted by molar-refractivity contribution is 5.78. The molecule has 3 aromatic rings. The molecule has 1 saturated carbocycles. The number of urea groups is 1. The zero-order chi connectivity index (χ0) is 19.1. The van der Waals surface area contributed by atoms with Crippen LogP contribution in [0.15, 0.2) is 43.1 Å². The molecular weight excluding hydrogens is 356 g/mol. The molecule has 2 amide bonds. The number of hydrogen-bond donors (Lipinski definition) is 2. The van der Waals surface area contributed by atoms with Crippen molar-refractivity contribution in [1.29, 1.82) is 0 Å². The number of carbonyl (C=O) groups is 1. The first kappa shape index (κ1) is 16.9. The summed E-state index contributed by atoms with van der Waals surface area (Å²) >= 11 is 0. The fourth-order valence-corrected chi connectivity index (χ4v) is 3.73. The highest BCUT2D eigenvalue weighted by Gasteiger charge is 2.41. The Bertz CT molecular complexity index is 1090. The van der Waals surface area contributed by atoms with Gasteiger partial charge in [0.05, 0.1) is 12.3 Å². The van der Waals surface area contributed by atoms with Crippen LogP contribution in [0.1, 0.15) is 40.6 Å². The molecule has 1 aliphatic heterocycles. The second kappa shape index (κ2) is 6.72. The maximum atomic E-state index is 11.6. The van der Waals surface area contributed by atoms with Gasteiger partial charge in [-0.15, -0.1) is 0 Å². The van der Waals surface area contributed by atoms with Crippen LogP contribution in [-0.2, 0) is 4.74 Å². The van der Waals surface area contributed by atoms with Crippen molar-refractivity contribution in [3.63, 3.8) is 0 Å². The lowest BCUT2D eigenvalue weighted by Crippen LogP contribution is -2.36. The molecule has 0 bridgehead atoms. The number of aryl methyl sites for hydroxylation is 1. The van der Waals surface area contributed by atoms with Gasteiger partial charge >= 0.3 is 6.03 Å². The number of amides is 2. The molecule has 0 saturated heterocycles. The molecule has 4 heterocycles. The number of fused-ring (bicyclic) bond motifs is 1. The van der Waals surface area contributed by atoms with E-state index in [1.165, 1.54) is 11.1 Å². The summed E-state index contributed by atoms with van der Waals surface area (Å²) in [5.74, 6) is 0.816. The molecule has 1 fully saturated rings. The molecule has 2 atom stereocenters. The van der Waals surface area contributed by atoms with Crippen molar-refractivity contribution in [2.75, 3.05) is 13.3 Å². The number of pyridine rings is 1. The van der Waals surface area contributed by atoms with Crippen molar-refractivity contribution in [3.8, 4) is 0 Å². The summed E-state index contributed by atoms with van der Waals surface area (Å²) in [6, 6.07) is 3.98. The predicted molar refractivity (Wildman–Crippen MR) is 103 cm³/mol. The Morgan fingerprint density at radius 1 is 1.25 bits per heavy atom. The lowest BCUT2D eigenvalue weighted by atomic mass is 10.0. The van der Waals surface area contributed by atoms with Crippen LogP contribution in [0.4, 0.5) is 4.79 Å². The lowest BCUT2D eigenvalue weighted by Gasteiger charge is -2.15. The summed E-state index contributed by atoms with van der Waals surface area (Å²) in [6.45, 7) is 2.58. The maximum Gasteiger partial charge on any atom is 0.320 e. The largest absolute Gasteiger partial charge is 0.356 e. The molecule has 3 aromatic heterocycles. The van der Waals surface area contributed by atoms with Crippen molar-refractivity contribution in [2.45, 2.75) is 25.2 Å². The monoisotopic (exact) mass is 376 g/mol. The average Bonchev–Trinajstić information content (AvgIpc) is 3.33. The van der Waals surface area contributed by atoms with Crippen LogP contribution in [0.25, 0.3) is 11.2 Å². The van der Waals surface area contributed by atoms with Crippen LogP contribution in [0.3, 0.4) is 0 Å². The topological polar surface area (TPSA) is 93.4 Å². The summed E-state index contributed by atoms with van der Waals surface area (Å²) < 4.78 is 7.31. The van der Waals surface area contributed by atoms with Crippen LogP contribution in [0.5, 0.6) is 0 Å².